The molecule has 0 radical (unpaired) electrons. The summed E-state index contributed by atoms with van der Waals surface area (Å²) in [4.78, 5) is 4.42. The molecular weight excluding hydrogens is 214 g/mol. The molecule has 17 heavy (non-hydrogen) atoms. The molecule has 0 saturated heterocycles. The maximum atomic E-state index is 9.23. The van der Waals surface area contributed by atoms with Gasteiger partial charge in [-0.25, -0.2) is 9.50 Å². The van der Waals surface area contributed by atoms with E-state index in [1.165, 1.54) is 0 Å². The number of fused-ring (bicyclic) bond motifs is 1. The monoisotopic (exact) mass is 225 g/mol. The first kappa shape index (κ1) is 9.84. The van der Waals surface area contributed by atoms with E-state index in [1.54, 1.807) is 28.8 Å². The summed E-state index contributed by atoms with van der Waals surface area (Å²) < 4.78 is 1.76. The average molecular weight is 225 g/mol. The van der Waals surface area contributed by atoms with Crippen molar-refractivity contribution in [3.05, 3.63) is 48.2 Å². The number of phenolic OH excluding ortho intramolecular Hbond substituents is 1. The first-order valence-corrected chi connectivity index (χ1v) is 5.35. The largest absolute Gasteiger partial charge is 0.508 e. The van der Waals surface area contributed by atoms with Crippen LogP contribution in [0.15, 0.2) is 42.6 Å². The van der Waals surface area contributed by atoms with E-state index in [2.05, 4.69) is 10.1 Å². The van der Waals surface area contributed by atoms with Crippen LogP contribution >= 0.6 is 0 Å². The van der Waals surface area contributed by atoms with Gasteiger partial charge in [0.1, 0.15) is 5.75 Å². The number of aromatic nitrogens is 3. The van der Waals surface area contributed by atoms with Gasteiger partial charge in [0, 0.05) is 11.8 Å². The number of rotatable bonds is 1. The number of aryl methyl sites for hydroxylation is 1. The van der Waals surface area contributed by atoms with Gasteiger partial charge in [-0.15, -0.1) is 5.10 Å². The van der Waals surface area contributed by atoms with Gasteiger partial charge in [-0.05, 0) is 42.8 Å². The Bertz CT molecular complexity index is 671. The van der Waals surface area contributed by atoms with Crippen molar-refractivity contribution in [2.75, 3.05) is 0 Å². The SMILES string of the molecule is Cc1ccc2nc(-c3ccc(O)cc3)nn2c1. The number of phenols is 1. The molecule has 1 aromatic carbocycles. The third-order valence-electron chi connectivity index (χ3n) is 2.60. The fourth-order valence-electron chi connectivity index (χ4n) is 1.72. The van der Waals surface area contributed by atoms with Gasteiger partial charge in [-0.2, -0.15) is 0 Å². The highest BCUT2D eigenvalue weighted by Gasteiger charge is 2.05. The van der Waals surface area contributed by atoms with Crippen LogP contribution in [0, 0.1) is 6.92 Å². The normalized spacial score (nSPS) is 10.9. The number of benzene rings is 1. The fourth-order valence-corrected chi connectivity index (χ4v) is 1.72. The van der Waals surface area contributed by atoms with Crippen LogP contribution < -0.4 is 0 Å². The molecule has 0 aliphatic rings. The summed E-state index contributed by atoms with van der Waals surface area (Å²) in [6, 6.07) is 10.8. The van der Waals surface area contributed by atoms with Crippen LogP contribution in [0.4, 0.5) is 0 Å². The second-order valence-corrected chi connectivity index (χ2v) is 3.99. The molecule has 0 amide bonds. The predicted molar refractivity (Wildman–Crippen MR) is 64.8 cm³/mol. The molecule has 0 saturated carbocycles. The minimum Gasteiger partial charge on any atom is -0.508 e. The van der Waals surface area contributed by atoms with Crippen molar-refractivity contribution in [2.24, 2.45) is 0 Å². The Labute approximate surface area is 98.2 Å². The molecule has 84 valence electrons. The van der Waals surface area contributed by atoms with E-state index in [9.17, 15) is 5.11 Å². The molecule has 4 heteroatoms. The van der Waals surface area contributed by atoms with E-state index >= 15 is 0 Å². The first-order valence-electron chi connectivity index (χ1n) is 5.35. The molecule has 0 aliphatic heterocycles. The standard InChI is InChI=1S/C13H11N3O/c1-9-2-7-12-14-13(15-16(12)8-9)10-3-5-11(17)6-4-10/h2-8,17H,1H3. The molecule has 3 aromatic rings. The maximum Gasteiger partial charge on any atom is 0.182 e. The molecule has 3 rings (SSSR count). The van der Waals surface area contributed by atoms with Crippen molar-refractivity contribution < 1.29 is 5.11 Å². The second kappa shape index (κ2) is 3.59. The van der Waals surface area contributed by atoms with Gasteiger partial charge in [0.25, 0.3) is 0 Å². The van der Waals surface area contributed by atoms with Crippen LogP contribution in [0.2, 0.25) is 0 Å². The van der Waals surface area contributed by atoms with E-state index in [-0.39, 0.29) is 5.75 Å². The summed E-state index contributed by atoms with van der Waals surface area (Å²) in [6.45, 7) is 2.02. The van der Waals surface area contributed by atoms with Gasteiger partial charge >= 0.3 is 0 Å². The second-order valence-electron chi connectivity index (χ2n) is 3.99. The van der Waals surface area contributed by atoms with Crippen molar-refractivity contribution >= 4 is 5.65 Å². The average Bonchev–Trinajstić information content (AvgIpc) is 2.72. The molecule has 0 atom stereocenters. The Morgan fingerprint density at radius 1 is 1.06 bits per heavy atom. The lowest BCUT2D eigenvalue weighted by Gasteiger charge is -1.94. The molecule has 1 N–H and O–H groups in total. The van der Waals surface area contributed by atoms with Gasteiger partial charge < -0.3 is 5.11 Å². The van der Waals surface area contributed by atoms with Crippen LogP contribution in [0.5, 0.6) is 5.75 Å². The fraction of sp³-hybridized carbons (Fsp3) is 0.0769. The summed E-state index contributed by atoms with van der Waals surface area (Å²) in [5, 5.41) is 13.6. The highest BCUT2D eigenvalue weighted by molar-refractivity contribution is 5.59. The van der Waals surface area contributed by atoms with Crippen molar-refractivity contribution in [3.8, 4) is 17.1 Å². The Morgan fingerprint density at radius 3 is 2.59 bits per heavy atom. The Hall–Kier alpha value is -2.36. The summed E-state index contributed by atoms with van der Waals surface area (Å²) in [7, 11) is 0. The number of nitrogens with zero attached hydrogens (tertiary/aromatic N) is 3. The molecule has 0 spiro atoms. The molecular formula is C13H11N3O. The quantitative estimate of drug-likeness (QED) is 0.691. The van der Waals surface area contributed by atoms with Gasteiger partial charge in [0.05, 0.1) is 0 Å². The molecule has 0 bridgehead atoms. The maximum absolute atomic E-state index is 9.23. The zero-order chi connectivity index (χ0) is 11.8. The van der Waals surface area contributed by atoms with Crippen molar-refractivity contribution in [1.82, 2.24) is 14.6 Å². The number of hydrogen-bond donors (Lipinski definition) is 1. The Kier molecular flexibility index (Phi) is 2.08. The highest BCUT2D eigenvalue weighted by atomic mass is 16.3. The lowest BCUT2D eigenvalue weighted by atomic mass is 10.2. The van der Waals surface area contributed by atoms with Gasteiger partial charge in [0.2, 0.25) is 0 Å². The molecule has 0 unspecified atom stereocenters. The molecule has 0 fully saturated rings. The van der Waals surface area contributed by atoms with Crippen LogP contribution in [-0.4, -0.2) is 19.7 Å². The van der Waals surface area contributed by atoms with Crippen molar-refractivity contribution in [1.29, 1.82) is 0 Å². The molecule has 2 heterocycles. The van der Waals surface area contributed by atoms with Crippen molar-refractivity contribution in [3.63, 3.8) is 0 Å². The van der Waals surface area contributed by atoms with Crippen LogP contribution in [0.1, 0.15) is 5.56 Å². The van der Waals surface area contributed by atoms with Crippen LogP contribution in [0.3, 0.4) is 0 Å². The van der Waals surface area contributed by atoms with Crippen LogP contribution in [0.25, 0.3) is 17.0 Å². The van der Waals surface area contributed by atoms with E-state index in [4.69, 9.17) is 0 Å². The number of aromatic hydroxyl groups is 1. The van der Waals surface area contributed by atoms with E-state index in [0.717, 1.165) is 16.8 Å². The number of hydrogen-bond acceptors (Lipinski definition) is 3. The Morgan fingerprint density at radius 2 is 1.82 bits per heavy atom. The van der Waals surface area contributed by atoms with Crippen LogP contribution in [-0.2, 0) is 0 Å². The topological polar surface area (TPSA) is 50.4 Å². The number of pyridine rings is 1. The van der Waals surface area contributed by atoms with Crippen molar-refractivity contribution in [2.45, 2.75) is 6.92 Å². The lowest BCUT2D eigenvalue weighted by molar-refractivity contribution is 0.475. The third kappa shape index (κ3) is 1.73. The minimum atomic E-state index is 0.244. The van der Waals surface area contributed by atoms with Gasteiger partial charge in [-0.3, -0.25) is 0 Å². The predicted octanol–water partition coefficient (Wildman–Crippen LogP) is 2.41. The van der Waals surface area contributed by atoms with Gasteiger partial charge in [-0.1, -0.05) is 6.07 Å². The first-order chi connectivity index (χ1) is 8.22. The summed E-state index contributed by atoms with van der Waals surface area (Å²) >= 11 is 0. The zero-order valence-electron chi connectivity index (χ0n) is 9.33. The summed E-state index contributed by atoms with van der Waals surface area (Å²) in [5.74, 6) is 0.906. The lowest BCUT2D eigenvalue weighted by Crippen LogP contribution is -1.87. The van der Waals surface area contributed by atoms with E-state index in [0.29, 0.717) is 5.82 Å². The smallest absolute Gasteiger partial charge is 0.182 e. The van der Waals surface area contributed by atoms with Gasteiger partial charge in [0.15, 0.2) is 11.5 Å². The van der Waals surface area contributed by atoms with E-state index < -0.39 is 0 Å². The molecule has 0 aliphatic carbocycles. The minimum absolute atomic E-state index is 0.244. The third-order valence-corrected chi connectivity index (χ3v) is 2.60. The molecule has 2 aromatic heterocycles. The summed E-state index contributed by atoms with van der Waals surface area (Å²) in [6.07, 6.45) is 1.94. The Balaban J connectivity index is 2.14. The zero-order valence-corrected chi connectivity index (χ0v) is 9.33. The van der Waals surface area contributed by atoms with E-state index in [1.807, 2.05) is 25.3 Å². The summed E-state index contributed by atoms with van der Waals surface area (Å²) in [5.41, 5.74) is 2.85. The highest BCUT2D eigenvalue weighted by Crippen LogP contribution is 2.19. The molecule has 4 nitrogen and oxygen atoms in total.